The molecule has 2 amide bonds. The molecule has 2 aromatic heterocycles. The molecular weight excluding hydrogens is 400 g/mol. The van der Waals surface area contributed by atoms with E-state index >= 15 is 0 Å². The van der Waals surface area contributed by atoms with E-state index in [9.17, 15) is 4.79 Å². The Bertz CT molecular complexity index is 1060. The monoisotopic (exact) mass is 432 g/mol. The summed E-state index contributed by atoms with van der Waals surface area (Å²) >= 11 is 0. The minimum Gasteiger partial charge on any atom is -0.361 e. The number of hydrogen-bond acceptors (Lipinski definition) is 4. The van der Waals surface area contributed by atoms with Gasteiger partial charge in [-0.1, -0.05) is 24.3 Å². The van der Waals surface area contributed by atoms with Gasteiger partial charge in [0.2, 0.25) is 0 Å². The molecule has 5 rings (SSSR count). The number of rotatable bonds is 4. The summed E-state index contributed by atoms with van der Waals surface area (Å²) < 4.78 is 0. The standard InChI is InChI=1S/C25H32N6O/c1-29-13-15-30(16-14-29)24-20(5-4-10-26-24)17-28-25(32)31-11-8-19(9-12-31)22-18-27-23-7-3-2-6-21(22)23/h2-7,10,18-19,27H,8-9,11-17H2,1H3,(H,28,32). The molecule has 2 saturated heterocycles. The predicted octanol–water partition coefficient (Wildman–Crippen LogP) is 3.40. The molecule has 3 aromatic rings. The van der Waals surface area contributed by atoms with Crippen LogP contribution in [0.3, 0.4) is 0 Å². The Kier molecular flexibility index (Phi) is 5.99. The molecule has 2 aliphatic rings. The number of piperidine rings is 1. The average molecular weight is 433 g/mol. The molecule has 0 atom stereocenters. The van der Waals surface area contributed by atoms with Gasteiger partial charge in [-0.25, -0.2) is 9.78 Å². The van der Waals surface area contributed by atoms with Crippen LogP contribution >= 0.6 is 0 Å². The maximum absolute atomic E-state index is 12.9. The fourth-order valence-corrected chi connectivity index (χ4v) is 4.98. The van der Waals surface area contributed by atoms with Crippen molar-refractivity contribution in [3.63, 3.8) is 0 Å². The fraction of sp³-hybridized carbons (Fsp3) is 0.440. The van der Waals surface area contributed by atoms with Gasteiger partial charge in [0.1, 0.15) is 5.82 Å². The third-order valence-electron chi connectivity index (χ3n) is 6.94. The van der Waals surface area contributed by atoms with E-state index in [0.29, 0.717) is 12.5 Å². The number of hydrogen-bond donors (Lipinski definition) is 2. The third-order valence-corrected chi connectivity index (χ3v) is 6.94. The number of urea groups is 1. The van der Waals surface area contributed by atoms with Crippen LogP contribution in [0.4, 0.5) is 10.6 Å². The minimum absolute atomic E-state index is 0.0237. The summed E-state index contributed by atoms with van der Waals surface area (Å²) in [6.07, 6.45) is 5.98. The van der Waals surface area contributed by atoms with E-state index < -0.39 is 0 Å². The first-order chi connectivity index (χ1) is 15.7. The van der Waals surface area contributed by atoms with Crippen molar-refractivity contribution in [3.8, 4) is 0 Å². The summed E-state index contributed by atoms with van der Waals surface area (Å²) in [4.78, 5) is 27.5. The number of para-hydroxylation sites is 1. The van der Waals surface area contributed by atoms with Crippen LogP contribution in [-0.2, 0) is 6.54 Å². The molecule has 2 N–H and O–H groups in total. The van der Waals surface area contributed by atoms with E-state index in [2.05, 4.69) is 68.7 Å². The molecule has 7 nitrogen and oxygen atoms in total. The molecule has 168 valence electrons. The lowest BCUT2D eigenvalue weighted by Gasteiger charge is -2.34. The number of aromatic nitrogens is 2. The molecular formula is C25H32N6O. The number of H-pyrrole nitrogens is 1. The lowest BCUT2D eigenvalue weighted by molar-refractivity contribution is 0.181. The van der Waals surface area contributed by atoms with Crippen LogP contribution in [0.2, 0.25) is 0 Å². The zero-order valence-corrected chi connectivity index (χ0v) is 18.8. The molecule has 0 aliphatic carbocycles. The van der Waals surface area contributed by atoms with Gasteiger partial charge < -0.3 is 25.0 Å². The summed E-state index contributed by atoms with van der Waals surface area (Å²) in [5.74, 6) is 1.50. The molecule has 0 spiro atoms. The number of likely N-dealkylation sites (tertiary alicyclic amines) is 1. The number of carbonyl (C=O) groups is 1. The highest BCUT2D eigenvalue weighted by Gasteiger charge is 2.26. The van der Waals surface area contributed by atoms with Crippen molar-refractivity contribution < 1.29 is 4.79 Å². The van der Waals surface area contributed by atoms with Crippen LogP contribution in [0.25, 0.3) is 10.9 Å². The van der Waals surface area contributed by atoms with Crippen molar-refractivity contribution in [2.75, 3.05) is 51.2 Å². The lowest BCUT2D eigenvalue weighted by Crippen LogP contribution is -2.46. The van der Waals surface area contributed by atoms with Gasteiger partial charge in [0.05, 0.1) is 0 Å². The number of nitrogens with zero attached hydrogens (tertiary/aromatic N) is 4. The van der Waals surface area contributed by atoms with Crippen molar-refractivity contribution in [2.24, 2.45) is 0 Å². The molecule has 0 radical (unpaired) electrons. The number of pyridine rings is 1. The summed E-state index contributed by atoms with van der Waals surface area (Å²) in [6, 6.07) is 12.5. The predicted molar refractivity (Wildman–Crippen MR) is 128 cm³/mol. The van der Waals surface area contributed by atoms with Gasteiger partial charge in [0, 0.05) is 74.7 Å². The maximum Gasteiger partial charge on any atom is 0.317 e. The number of carbonyl (C=O) groups excluding carboxylic acids is 1. The van der Waals surface area contributed by atoms with E-state index in [-0.39, 0.29) is 6.03 Å². The second kappa shape index (κ2) is 9.20. The Morgan fingerprint density at radius 2 is 1.84 bits per heavy atom. The van der Waals surface area contributed by atoms with Gasteiger partial charge in [-0.2, -0.15) is 0 Å². The summed E-state index contributed by atoms with van der Waals surface area (Å²) in [5.41, 5.74) is 3.65. The highest BCUT2D eigenvalue weighted by Crippen LogP contribution is 2.33. The smallest absolute Gasteiger partial charge is 0.317 e. The van der Waals surface area contributed by atoms with Crippen LogP contribution in [0.15, 0.2) is 48.8 Å². The topological polar surface area (TPSA) is 67.5 Å². The molecule has 32 heavy (non-hydrogen) atoms. The number of fused-ring (bicyclic) bond motifs is 1. The molecule has 2 fully saturated rings. The fourth-order valence-electron chi connectivity index (χ4n) is 4.98. The first-order valence-electron chi connectivity index (χ1n) is 11.7. The normalized spacial score (nSPS) is 18.3. The van der Waals surface area contributed by atoms with Crippen LogP contribution in [0.5, 0.6) is 0 Å². The quantitative estimate of drug-likeness (QED) is 0.663. The molecule has 1 aromatic carbocycles. The number of anilines is 1. The van der Waals surface area contributed by atoms with Crippen LogP contribution < -0.4 is 10.2 Å². The van der Waals surface area contributed by atoms with E-state index in [1.54, 1.807) is 0 Å². The largest absolute Gasteiger partial charge is 0.361 e. The Hall–Kier alpha value is -3.06. The van der Waals surface area contributed by atoms with Crippen LogP contribution in [-0.4, -0.2) is 72.1 Å². The molecule has 4 heterocycles. The number of aromatic amines is 1. The highest BCUT2D eigenvalue weighted by molar-refractivity contribution is 5.83. The molecule has 7 heteroatoms. The Morgan fingerprint density at radius 1 is 1.06 bits per heavy atom. The molecule has 2 aliphatic heterocycles. The van der Waals surface area contributed by atoms with Gasteiger partial charge in [-0.3, -0.25) is 0 Å². The highest BCUT2D eigenvalue weighted by atomic mass is 16.2. The van der Waals surface area contributed by atoms with Gasteiger partial charge in [0.15, 0.2) is 0 Å². The average Bonchev–Trinajstić information content (AvgIpc) is 3.28. The SMILES string of the molecule is CN1CCN(c2ncccc2CNC(=O)N2CCC(c3c[nH]c4ccccc34)CC2)CC1. The Labute approximate surface area is 189 Å². The summed E-state index contributed by atoms with van der Waals surface area (Å²) in [5, 5.41) is 4.45. The molecule has 0 bridgehead atoms. The summed E-state index contributed by atoms with van der Waals surface area (Å²) in [7, 11) is 2.15. The van der Waals surface area contributed by atoms with Crippen molar-refractivity contribution >= 4 is 22.8 Å². The van der Waals surface area contributed by atoms with E-state index in [1.165, 1.54) is 16.5 Å². The van der Waals surface area contributed by atoms with E-state index in [0.717, 1.165) is 63.5 Å². The number of nitrogens with one attached hydrogen (secondary N) is 2. The van der Waals surface area contributed by atoms with Gasteiger partial charge in [-0.05, 0) is 43.5 Å². The summed E-state index contributed by atoms with van der Waals surface area (Å²) in [6.45, 7) is 6.09. The number of amides is 2. The van der Waals surface area contributed by atoms with Gasteiger partial charge in [-0.15, -0.1) is 0 Å². The number of likely N-dealkylation sites (N-methyl/N-ethyl adjacent to an activating group) is 1. The zero-order chi connectivity index (χ0) is 21.9. The lowest BCUT2D eigenvalue weighted by atomic mass is 9.89. The van der Waals surface area contributed by atoms with Crippen molar-refractivity contribution in [1.29, 1.82) is 0 Å². The molecule has 0 saturated carbocycles. The number of piperazine rings is 1. The van der Waals surface area contributed by atoms with Crippen LogP contribution in [0.1, 0.15) is 29.9 Å². The Morgan fingerprint density at radius 3 is 2.66 bits per heavy atom. The van der Waals surface area contributed by atoms with Gasteiger partial charge >= 0.3 is 6.03 Å². The second-order valence-electron chi connectivity index (χ2n) is 8.99. The van der Waals surface area contributed by atoms with Crippen molar-refractivity contribution in [2.45, 2.75) is 25.3 Å². The maximum atomic E-state index is 12.9. The molecule has 0 unspecified atom stereocenters. The van der Waals surface area contributed by atoms with E-state index in [4.69, 9.17) is 0 Å². The van der Waals surface area contributed by atoms with Gasteiger partial charge in [0.25, 0.3) is 0 Å². The van der Waals surface area contributed by atoms with E-state index in [1.807, 2.05) is 17.2 Å². The van der Waals surface area contributed by atoms with Crippen molar-refractivity contribution in [3.05, 3.63) is 59.9 Å². The first-order valence-corrected chi connectivity index (χ1v) is 11.7. The minimum atomic E-state index is 0.0237. The first kappa shape index (κ1) is 20.8. The Balaban J connectivity index is 1.17. The third kappa shape index (κ3) is 4.30. The second-order valence-corrected chi connectivity index (χ2v) is 8.99. The number of benzene rings is 1. The van der Waals surface area contributed by atoms with Crippen molar-refractivity contribution in [1.82, 2.24) is 25.1 Å². The van der Waals surface area contributed by atoms with Crippen LogP contribution in [0, 0.1) is 0 Å². The zero-order valence-electron chi connectivity index (χ0n) is 18.8.